The Balaban J connectivity index is 1.71. The van der Waals surface area contributed by atoms with Crippen LogP contribution in [0.1, 0.15) is 0 Å². The van der Waals surface area contributed by atoms with Gasteiger partial charge in [0.15, 0.2) is 0 Å². The van der Waals surface area contributed by atoms with Crippen molar-refractivity contribution in [3.63, 3.8) is 0 Å². The van der Waals surface area contributed by atoms with Crippen LogP contribution in [0.3, 0.4) is 0 Å². The summed E-state index contributed by atoms with van der Waals surface area (Å²) in [6.45, 7) is 0. The third-order valence-corrected chi connectivity index (χ3v) is 7.29. The number of nitrogens with zero attached hydrogens (tertiary/aromatic N) is 4. The van der Waals surface area contributed by atoms with Crippen LogP contribution in [-0.4, -0.2) is 18.9 Å². The van der Waals surface area contributed by atoms with Gasteiger partial charge in [-0.05, 0) is 41.8 Å². The minimum absolute atomic E-state index is 0.111. The third kappa shape index (κ3) is 2.84. The molecule has 0 radical (unpaired) electrons. The molecule has 0 saturated carbocycles. The number of benzene rings is 4. The second kappa shape index (κ2) is 7.85. The molecular formula is C33H20N4O. The van der Waals surface area contributed by atoms with E-state index in [1.807, 2.05) is 108 Å². The highest BCUT2D eigenvalue weighted by atomic mass is 16.1. The van der Waals surface area contributed by atoms with Crippen LogP contribution in [0.5, 0.6) is 0 Å². The van der Waals surface area contributed by atoms with Crippen LogP contribution in [0.2, 0.25) is 0 Å². The average Bonchev–Trinajstić information content (AvgIpc) is 3.38. The van der Waals surface area contributed by atoms with Crippen LogP contribution >= 0.6 is 0 Å². The van der Waals surface area contributed by atoms with Crippen molar-refractivity contribution in [2.75, 3.05) is 0 Å². The lowest BCUT2D eigenvalue weighted by Crippen LogP contribution is -2.21. The molecule has 4 heterocycles. The fourth-order valence-electron chi connectivity index (χ4n) is 5.62. The maximum absolute atomic E-state index is 14.3. The van der Waals surface area contributed by atoms with Crippen LogP contribution in [0.25, 0.3) is 66.3 Å². The largest absolute Gasteiger partial charge is 0.277 e. The Bertz CT molecular complexity index is 2250. The molecule has 4 aromatic heterocycles. The molecule has 0 bridgehead atoms. The lowest BCUT2D eigenvalue weighted by molar-refractivity contribution is 1.02. The molecule has 0 spiro atoms. The molecule has 5 heteroatoms. The van der Waals surface area contributed by atoms with Gasteiger partial charge < -0.3 is 0 Å². The molecule has 8 rings (SSSR count). The lowest BCUT2D eigenvalue weighted by Gasteiger charge is -2.17. The van der Waals surface area contributed by atoms with Gasteiger partial charge in [-0.2, -0.15) is 0 Å². The summed E-state index contributed by atoms with van der Waals surface area (Å²) >= 11 is 0. The fourth-order valence-corrected chi connectivity index (χ4v) is 5.62. The first-order valence-electron chi connectivity index (χ1n) is 12.6. The Labute approximate surface area is 216 Å². The topological polar surface area (TPSA) is 52.2 Å². The maximum Gasteiger partial charge on any atom is 0.266 e. The summed E-state index contributed by atoms with van der Waals surface area (Å²) in [5.41, 5.74) is 6.61. The zero-order chi connectivity index (χ0) is 25.2. The molecule has 0 amide bonds. The quantitative estimate of drug-likeness (QED) is 0.243. The van der Waals surface area contributed by atoms with E-state index in [-0.39, 0.29) is 5.56 Å². The summed E-state index contributed by atoms with van der Waals surface area (Å²) in [6, 6.07) is 40.1. The van der Waals surface area contributed by atoms with E-state index in [9.17, 15) is 4.79 Å². The summed E-state index contributed by atoms with van der Waals surface area (Å²) in [5, 5.41) is 3.53. The van der Waals surface area contributed by atoms with Crippen LogP contribution in [0, 0.1) is 0 Å². The van der Waals surface area contributed by atoms with Crippen molar-refractivity contribution >= 4 is 49.4 Å². The van der Waals surface area contributed by atoms with E-state index < -0.39 is 0 Å². The Kier molecular flexibility index (Phi) is 4.31. The molecule has 8 aromatic rings. The van der Waals surface area contributed by atoms with Gasteiger partial charge in [-0.1, -0.05) is 84.9 Å². The molecule has 38 heavy (non-hydrogen) atoms. The van der Waals surface area contributed by atoms with Crippen molar-refractivity contribution < 1.29 is 0 Å². The predicted molar refractivity (Wildman–Crippen MR) is 154 cm³/mol. The van der Waals surface area contributed by atoms with Crippen molar-refractivity contribution in [3.8, 4) is 16.9 Å². The van der Waals surface area contributed by atoms with Crippen LogP contribution in [0.15, 0.2) is 126 Å². The summed E-state index contributed by atoms with van der Waals surface area (Å²) < 4.78 is 3.94. The molecule has 0 N–H and O–H groups in total. The number of hydrogen-bond acceptors (Lipinski definition) is 3. The zero-order valence-corrected chi connectivity index (χ0v) is 20.2. The number of aromatic nitrogens is 4. The molecule has 178 valence electrons. The molecule has 0 aliphatic heterocycles. The SMILES string of the molecule is O=c1c2ccc(-c3ccccc3)nc2c2c3ccccc3c3nc4ccccc4n3c2n1-c1ccccc1. The summed E-state index contributed by atoms with van der Waals surface area (Å²) in [6.07, 6.45) is 0. The third-order valence-electron chi connectivity index (χ3n) is 7.29. The van der Waals surface area contributed by atoms with Crippen molar-refractivity contribution in [3.05, 3.63) is 132 Å². The molecule has 0 atom stereocenters. The first-order chi connectivity index (χ1) is 18.8. The molecule has 0 saturated heterocycles. The fraction of sp³-hybridized carbons (Fsp3) is 0. The lowest BCUT2D eigenvalue weighted by atomic mass is 10.0. The second-order valence-corrected chi connectivity index (χ2v) is 9.44. The van der Waals surface area contributed by atoms with E-state index in [0.29, 0.717) is 10.9 Å². The molecule has 0 aliphatic rings. The number of imidazole rings is 1. The smallest absolute Gasteiger partial charge is 0.266 e. The van der Waals surface area contributed by atoms with Crippen molar-refractivity contribution in [1.29, 1.82) is 0 Å². The molecule has 0 unspecified atom stereocenters. The van der Waals surface area contributed by atoms with Gasteiger partial charge in [0.05, 0.1) is 38.7 Å². The molecule has 0 fully saturated rings. The standard InChI is InChI=1S/C33H20N4O/c38-33-25-19-20-26(21-11-3-1-4-12-21)34-30(25)29-23-15-7-8-16-24(23)31-35-27-17-9-10-18-28(27)37(31)32(29)36(33)22-13-5-2-6-14-22/h1-20H. The van der Waals surface area contributed by atoms with E-state index in [1.165, 1.54) is 0 Å². The van der Waals surface area contributed by atoms with E-state index in [2.05, 4.69) is 22.6 Å². The minimum Gasteiger partial charge on any atom is -0.277 e. The highest BCUT2D eigenvalue weighted by Gasteiger charge is 2.22. The summed E-state index contributed by atoms with van der Waals surface area (Å²) in [4.78, 5) is 24.5. The number of fused-ring (bicyclic) bond motifs is 10. The Hall–Kier alpha value is -5.29. The first kappa shape index (κ1) is 20.9. The van der Waals surface area contributed by atoms with E-state index >= 15 is 0 Å². The monoisotopic (exact) mass is 488 g/mol. The Morgan fingerprint density at radius 1 is 0.579 bits per heavy atom. The Morgan fingerprint density at radius 3 is 2.08 bits per heavy atom. The van der Waals surface area contributed by atoms with Gasteiger partial charge in [0.25, 0.3) is 5.56 Å². The number of hydrogen-bond donors (Lipinski definition) is 0. The van der Waals surface area contributed by atoms with Crippen LogP contribution < -0.4 is 5.56 Å². The highest BCUT2D eigenvalue weighted by molar-refractivity contribution is 6.21. The van der Waals surface area contributed by atoms with Crippen LogP contribution in [0.4, 0.5) is 0 Å². The van der Waals surface area contributed by atoms with Gasteiger partial charge in [0.1, 0.15) is 11.3 Å². The number of pyridine rings is 3. The normalized spacial score (nSPS) is 11.8. The first-order valence-corrected chi connectivity index (χ1v) is 12.6. The maximum atomic E-state index is 14.3. The van der Waals surface area contributed by atoms with Crippen LogP contribution in [-0.2, 0) is 0 Å². The van der Waals surface area contributed by atoms with Gasteiger partial charge in [0, 0.05) is 10.9 Å². The minimum atomic E-state index is -0.111. The highest BCUT2D eigenvalue weighted by Crippen LogP contribution is 2.36. The van der Waals surface area contributed by atoms with E-state index in [0.717, 1.165) is 55.4 Å². The number of para-hydroxylation sites is 3. The van der Waals surface area contributed by atoms with Crippen molar-refractivity contribution in [1.82, 2.24) is 18.9 Å². The summed E-state index contributed by atoms with van der Waals surface area (Å²) in [7, 11) is 0. The second-order valence-electron chi connectivity index (χ2n) is 9.44. The molecular weight excluding hydrogens is 468 g/mol. The average molecular weight is 489 g/mol. The number of rotatable bonds is 2. The Morgan fingerprint density at radius 2 is 1.26 bits per heavy atom. The van der Waals surface area contributed by atoms with E-state index in [4.69, 9.17) is 9.97 Å². The zero-order valence-electron chi connectivity index (χ0n) is 20.2. The van der Waals surface area contributed by atoms with Gasteiger partial charge in [-0.15, -0.1) is 0 Å². The van der Waals surface area contributed by atoms with Gasteiger partial charge in [0.2, 0.25) is 0 Å². The van der Waals surface area contributed by atoms with Gasteiger partial charge >= 0.3 is 0 Å². The van der Waals surface area contributed by atoms with Gasteiger partial charge in [-0.3, -0.25) is 13.8 Å². The van der Waals surface area contributed by atoms with Crippen molar-refractivity contribution in [2.45, 2.75) is 0 Å². The van der Waals surface area contributed by atoms with Crippen molar-refractivity contribution in [2.24, 2.45) is 0 Å². The molecule has 5 nitrogen and oxygen atoms in total. The predicted octanol–water partition coefficient (Wildman–Crippen LogP) is 7.16. The molecule has 4 aromatic carbocycles. The molecule has 0 aliphatic carbocycles. The van der Waals surface area contributed by atoms with E-state index in [1.54, 1.807) is 0 Å². The summed E-state index contributed by atoms with van der Waals surface area (Å²) in [5.74, 6) is 0. The van der Waals surface area contributed by atoms with Gasteiger partial charge in [-0.25, -0.2) is 9.97 Å².